The molecule has 0 heteroatoms. The van der Waals surface area contributed by atoms with Crippen LogP contribution in [-0.4, -0.2) is 0 Å². The molecule has 0 rings (SSSR count). The molecule has 0 aromatic rings. The monoisotopic (exact) mass is 140 g/mol. The lowest BCUT2D eigenvalue weighted by Gasteiger charge is -2.24. The van der Waals surface area contributed by atoms with Crippen molar-refractivity contribution in [2.24, 2.45) is 11.3 Å². The van der Waals surface area contributed by atoms with Crippen molar-refractivity contribution in [2.75, 3.05) is 0 Å². The summed E-state index contributed by atoms with van der Waals surface area (Å²) in [7, 11) is 0. The first kappa shape index (κ1) is 9.74. The van der Waals surface area contributed by atoms with Crippen molar-refractivity contribution in [2.45, 2.75) is 41.5 Å². The first-order chi connectivity index (χ1) is 4.34. The Kier molecular flexibility index (Phi) is 3.14. The molecular weight excluding hydrogens is 120 g/mol. The summed E-state index contributed by atoms with van der Waals surface area (Å²) in [5.74, 6) is 0.678. The number of allylic oxidation sites excluding steroid dienone is 2. The minimum Gasteiger partial charge on any atom is -0.0825 e. The lowest BCUT2D eigenvalue weighted by atomic mass is 9.81. The minimum atomic E-state index is 0.414. The van der Waals surface area contributed by atoms with Gasteiger partial charge in [-0.25, -0.2) is 0 Å². The molecule has 60 valence electrons. The summed E-state index contributed by atoms with van der Waals surface area (Å²) >= 11 is 0. The molecule has 0 unspecified atom stereocenters. The van der Waals surface area contributed by atoms with Gasteiger partial charge in [-0.05, 0) is 25.2 Å². The molecule has 0 aromatic carbocycles. The van der Waals surface area contributed by atoms with Gasteiger partial charge in [0.1, 0.15) is 0 Å². The molecule has 0 N–H and O–H groups in total. The third-order valence-corrected chi connectivity index (χ3v) is 1.95. The zero-order chi connectivity index (χ0) is 8.36. The molecule has 0 fully saturated rings. The molecule has 0 aromatic heterocycles. The van der Waals surface area contributed by atoms with Crippen LogP contribution in [-0.2, 0) is 0 Å². The van der Waals surface area contributed by atoms with Crippen LogP contribution >= 0.6 is 0 Å². The van der Waals surface area contributed by atoms with Gasteiger partial charge in [-0.15, -0.1) is 0 Å². The molecule has 0 amide bonds. The molecule has 0 aliphatic carbocycles. The van der Waals surface area contributed by atoms with Crippen molar-refractivity contribution in [3.8, 4) is 0 Å². The molecule has 0 saturated carbocycles. The third-order valence-electron chi connectivity index (χ3n) is 1.95. The average Bonchev–Trinajstić information content (AvgIpc) is 1.60. The zero-order valence-electron chi connectivity index (χ0n) is 8.15. The average molecular weight is 140 g/mol. The second-order valence-corrected chi connectivity index (χ2v) is 4.40. The second-order valence-electron chi connectivity index (χ2n) is 4.40. The van der Waals surface area contributed by atoms with Gasteiger partial charge in [0.15, 0.2) is 0 Å². The smallest absolute Gasteiger partial charge is 0.0211 e. The van der Waals surface area contributed by atoms with E-state index in [2.05, 4.69) is 47.6 Å². The molecule has 0 radical (unpaired) electrons. The number of hydrogen-bond donors (Lipinski definition) is 0. The molecule has 0 aliphatic heterocycles. The number of hydrogen-bond acceptors (Lipinski definition) is 0. The summed E-state index contributed by atoms with van der Waals surface area (Å²) in [5, 5.41) is 0. The van der Waals surface area contributed by atoms with Crippen LogP contribution in [0.15, 0.2) is 11.6 Å². The SMILES string of the molecule is CC(C)=C[C@@H](C)C(C)(C)C. The van der Waals surface area contributed by atoms with Gasteiger partial charge in [0, 0.05) is 0 Å². The zero-order valence-corrected chi connectivity index (χ0v) is 8.15. The minimum absolute atomic E-state index is 0.414. The lowest BCUT2D eigenvalue weighted by Crippen LogP contribution is -2.14. The molecule has 0 nitrogen and oxygen atoms in total. The molecule has 0 aliphatic rings. The summed E-state index contributed by atoms with van der Waals surface area (Å²) < 4.78 is 0. The molecule has 1 atom stereocenters. The van der Waals surface area contributed by atoms with Crippen LogP contribution in [0.4, 0.5) is 0 Å². The van der Waals surface area contributed by atoms with Gasteiger partial charge in [-0.2, -0.15) is 0 Å². The first-order valence-electron chi connectivity index (χ1n) is 3.99. The van der Waals surface area contributed by atoms with E-state index >= 15 is 0 Å². The van der Waals surface area contributed by atoms with Gasteiger partial charge < -0.3 is 0 Å². The number of rotatable bonds is 1. The van der Waals surface area contributed by atoms with E-state index < -0.39 is 0 Å². The molecular formula is C10H20. The maximum atomic E-state index is 2.33. The van der Waals surface area contributed by atoms with E-state index in [1.807, 2.05) is 0 Å². The van der Waals surface area contributed by atoms with Crippen molar-refractivity contribution in [1.82, 2.24) is 0 Å². The molecule has 0 bridgehead atoms. The van der Waals surface area contributed by atoms with Crippen molar-refractivity contribution < 1.29 is 0 Å². The quantitative estimate of drug-likeness (QED) is 0.488. The van der Waals surface area contributed by atoms with Crippen LogP contribution in [0.5, 0.6) is 0 Å². The molecule has 10 heavy (non-hydrogen) atoms. The van der Waals surface area contributed by atoms with Crippen LogP contribution in [0.25, 0.3) is 0 Å². The van der Waals surface area contributed by atoms with Crippen LogP contribution in [0.2, 0.25) is 0 Å². The van der Waals surface area contributed by atoms with Gasteiger partial charge >= 0.3 is 0 Å². The van der Waals surface area contributed by atoms with Crippen molar-refractivity contribution in [1.29, 1.82) is 0 Å². The first-order valence-corrected chi connectivity index (χ1v) is 3.99. The Hall–Kier alpha value is -0.260. The summed E-state index contributed by atoms with van der Waals surface area (Å²) in [5.41, 5.74) is 1.83. The fourth-order valence-corrected chi connectivity index (χ4v) is 0.750. The summed E-state index contributed by atoms with van der Waals surface area (Å²) in [6.07, 6.45) is 2.33. The van der Waals surface area contributed by atoms with E-state index in [0.717, 1.165) is 0 Å². The van der Waals surface area contributed by atoms with Crippen molar-refractivity contribution in [3.05, 3.63) is 11.6 Å². The standard InChI is InChI=1S/C10H20/c1-8(2)7-9(3)10(4,5)6/h7,9H,1-6H3/t9-/m1/s1. The topological polar surface area (TPSA) is 0 Å². The Balaban J connectivity index is 4.11. The highest BCUT2D eigenvalue weighted by Gasteiger charge is 2.16. The fourth-order valence-electron chi connectivity index (χ4n) is 0.750. The van der Waals surface area contributed by atoms with Gasteiger partial charge in [0.2, 0.25) is 0 Å². The van der Waals surface area contributed by atoms with Gasteiger partial charge in [-0.3, -0.25) is 0 Å². The van der Waals surface area contributed by atoms with E-state index in [9.17, 15) is 0 Å². The predicted octanol–water partition coefficient (Wildman–Crippen LogP) is 3.63. The van der Waals surface area contributed by atoms with E-state index in [4.69, 9.17) is 0 Å². The Morgan fingerprint density at radius 2 is 1.60 bits per heavy atom. The van der Waals surface area contributed by atoms with Crippen molar-refractivity contribution >= 4 is 0 Å². The highest BCUT2D eigenvalue weighted by Crippen LogP contribution is 2.26. The Labute approximate surface area is 65.3 Å². The molecule has 0 spiro atoms. The normalized spacial score (nSPS) is 14.6. The van der Waals surface area contributed by atoms with E-state index in [-0.39, 0.29) is 0 Å². The van der Waals surface area contributed by atoms with E-state index in [1.54, 1.807) is 0 Å². The Morgan fingerprint density at radius 3 is 1.70 bits per heavy atom. The predicted molar refractivity (Wildman–Crippen MR) is 48.1 cm³/mol. The summed E-state index contributed by atoms with van der Waals surface area (Å²) in [6.45, 7) is 13.4. The lowest BCUT2D eigenvalue weighted by molar-refractivity contribution is 0.313. The highest BCUT2D eigenvalue weighted by molar-refractivity contribution is 4.99. The van der Waals surface area contributed by atoms with Crippen LogP contribution in [0, 0.1) is 11.3 Å². The molecule has 0 heterocycles. The maximum Gasteiger partial charge on any atom is -0.0211 e. The van der Waals surface area contributed by atoms with Gasteiger partial charge in [0.25, 0.3) is 0 Å². The highest BCUT2D eigenvalue weighted by atomic mass is 14.2. The molecule has 0 saturated heterocycles. The largest absolute Gasteiger partial charge is 0.0825 e. The van der Waals surface area contributed by atoms with Gasteiger partial charge in [0.05, 0.1) is 0 Å². The Morgan fingerprint density at radius 1 is 1.20 bits per heavy atom. The summed E-state index contributed by atoms with van der Waals surface area (Å²) in [6, 6.07) is 0. The van der Waals surface area contributed by atoms with E-state index in [1.165, 1.54) is 5.57 Å². The summed E-state index contributed by atoms with van der Waals surface area (Å²) in [4.78, 5) is 0. The van der Waals surface area contributed by atoms with Crippen LogP contribution in [0.3, 0.4) is 0 Å². The maximum absolute atomic E-state index is 2.33. The third kappa shape index (κ3) is 3.71. The Bertz CT molecular complexity index is 119. The van der Waals surface area contributed by atoms with Crippen molar-refractivity contribution in [3.63, 3.8) is 0 Å². The van der Waals surface area contributed by atoms with Crippen LogP contribution in [0.1, 0.15) is 41.5 Å². The van der Waals surface area contributed by atoms with Gasteiger partial charge in [-0.1, -0.05) is 39.3 Å². The fraction of sp³-hybridized carbons (Fsp3) is 0.800. The van der Waals surface area contributed by atoms with Crippen LogP contribution < -0.4 is 0 Å². The van der Waals surface area contributed by atoms with E-state index in [0.29, 0.717) is 11.3 Å². The second kappa shape index (κ2) is 3.23.